The molecule has 4 nitrogen and oxygen atoms in total. The number of amides is 1. The molecule has 0 aliphatic carbocycles. The van der Waals surface area contributed by atoms with Crippen LogP contribution in [0.15, 0.2) is 18.2 Å². The van der Waals surface area contributed by atoms with Crippen LogP contribution in [0.2, 0.25) is 0 Å². The molecule has 0 bridgehead atoms. The van der Waals surface area contributed by atoms with Crippen LogP contribution in [0.3, 0.4) is 0 Å². The number of fused-ring (bicyclic) bond motifs is 1. The highest BCUT2D eigenvalue weighted by molar-refractivity contribution is 5.95. The number of hydrogen-bond acceptors (Lipinski definition) is 3. The Morgan fingerprint density at radius 3 is 3.05 bits per heavy atom. The Labute approximate surface area is 114 Å². The molecule has 104 valence electrons. The van der Waals surface area contributed by atoms with E-state index in [4.69, 9.17) is 9.47 Å². The molecule has 0 radical (unpaired) electrons. The van der Waals surface area contributed by atoms with Gasteiger partial charge in [0, 0.05) is 6.61 Å². The number of carbonyl (C=O) groups excluding carboxylic acids is 1. The van der Waals surface area contributed by atoms with Gasteiger partial charge in [0.1, 0.15) is 11.9 Å². The molecule has 0 unspecified atom stereocenters. The van der Waals surface area contributed by atoms with Gasteiger partial charge in [0.2, 0.25) is 5.91 Å². The average Bonchev–Trinajstić information content (AvgIpc) is 2.38. The summed E-state index contributed by atoms with van der Waals surface area (Å²) in [6.07, 6.45) is 0.430. The van der Waals surface area contributed by atoms with Crippen molar-refractivity contribution in [2.24, 2.45) is 0 Å². The SMILES string of the molecule is CCOCCC(=O)N1C[C@@H](C)Oc2ccc(C)cc21. The highest BCUT2D eigenvalue weighted by Gasteiger charge is 2.27. The Bertz CT molecular complexity index is 459. The second-order valence-corrected chi connectivity index (χ2v) is 4.85. The van der Waals surface area contributed by atoms with E-state index >= 15 is 0 Å². The van der Waals surface area contributed by atoms with Gasteiger partial charge in [-0.25, -0.2) is 0 Å². The van der Waals surface area contributed by atoms with Crippen molar-refractivity contribution < 1.29 is 14.3 Å². The lowest BCUT2D eigenvalue weighted by atomic mass is 10.1. The van der Waals surface area contributed by atoms with Gasteiger partial charge in [-0.1, -0.05) is 6.07 Å². The topological polar surface area (TPSA) is 38.8 Å². The van der Waals surface area contributed by atoms with Crippen molar-refractivity contribution in [1.29, 1.82) is 0 Å². The van der Waals surface area contributed by atoms with Crippen molar-refractivity contribution >= 4 is 11.6 Å². The van der Waals surface area contributed by atoms with E-state index in [1.165, 1.54) is 0 Å². The third kappa shape index (κ3) is 3.26. The largest absolute Gasteiger partial charge is 0.487 e. The van der Waals surface area contributed by atoms with Crippen molar-refractivity contribution in [3.8, 4) is 5.75 Å². The maximum Gasteiger partial charge on any atom is 0.229 e. The van der Waals surface area contributed by atoms with Crippen molar-refractivity contribution in [2.45, 2.75) is 33.3 Å². The fourth-order valence-electron chi connectivity index (χ4n) is 2.22. The Hall–Kier alpha value is -1.55. The molecule has 0 spiro atoms. The van der Waals surface area contributed by atoms with Crippen LogP contribution in [-0.4, -0.2) is 31.8 Å². The zero-order chi connectivity index (χ0) is 13.8. The molecular formula is C15H21NO3. The number of aryl methyl sites for hydroxylation is 1. The number of benzene rings is 1. The number of hydrogen-bond donors (Lipinski definition) is 0. The first-order chi connectivity index (χ1) is 9.11. The van der Waals surface area contributed by atoms with Crippen LogP contribution in [0.25, 0.3) is 0 Å². The van der Waals surface area contributed by atoms with E-state index in [0.717, 1.165) is 17.0 Å². The number of carbonyl (C=O) groups is 1. The molecule has 1 aliphatic heterocycles. The maximum absolute atomic E-state index is 12.3. The Morgan fingerprint density at radius 2 is 2.32 bits per heavy atom. The Balaban J connectivity index is 2.17. The van der Waals surface area contributed by atoms with Gasteiger partial charge in [-0.15, -0.1) is 0 Å². The van der Waals surface area contributed by atoms with Crippen LogP contribution in [-0.2, 0) is 9.53 Å². The molecule has 1 aromatic carbocycles. The van der Waals surface area contributed by atoms with Gasteiger partial charge < -0.3 is 14.4 Å². The lowest BCUT2D eigenvalue weighted by Gasteiger charge is -2.33. The predicted molar refractivity (Wildman–Crippen MR) is 74.7 cm³/mol. The molecule has 1 aromatic rings. The van der Waals surface area contributed by atoms with E-state index in [1.54, 1.807) is 0 Å². The van der Waals surface area contributed by atoms with Gasteiger partial charge in [0.15, 0.2) is 0 Å². The third-order valence-corrected chi connectivity index (χ3v) is 3.14. The van der Waals surface area contributed by atoms with Gasteiger partial charge >= 0.3 is 0 Å². The first-order valence-corrected chi connectivity index (χ1v) is 6.77. The second kappa shape index (κ2) is 6.06. The van der Waals surface area contributed by atoms with Gasteiger partial charge in [-0.3, -0.25) is 4.79 Å². The van der Waals surface area contributed by atoms with E-state index < -0.39 is 0 Å². The molecule has 4 heteroatoms. The molecule has 0 aromatic heterocycles. The van der Waals surface area contributed by atoms with Crippen molar-refractivity contribution in [2.75, 3.05) is 24.7 Å². The number of ether oxygens (including phenoxy) is 2. The fourth-order valence-corrected chi connectivity index (χ4v) is 2.22. The molecule has 1 amide bonds. The number of nitrogens with zero attached hydrogens (tertiary/aromatic N) is 1. The highest BCUT2D eigenvalue weighted by Crippen LogP contribution is 2.34. The predicted octanol–water partition coefficient (Wildman–Crippen LogP) is 2.54. The Kier molecular flexibility index (Phi) is 4.43. The molecule has 0 saturated heterocycles. The smallest absolute Gasteiger partial charge is 0.229 e. The quantitative estimate of drug-likeness (QED) is 0.784. The zero-order valence-electron chi connectivity index (χ0n) is 11.8. The first-order valence-electron chi connectivity index (χ1n) is 6.77. The van der Waals surface area contributed by atoms with Gasteiger partial charge in [-0.05, 0) is 38.5 Å². The summed E-state index contributed by atoms with van der Waals surface area (Å²) in [5, 5.41) is 0. The number of anilines is 1. The molecule has 1 atom stereocenters. The maximum atomic E-state index is 12.3. The summed E-state index contributed by atoms with van der Waals surface area (Å²) in [4.78, 5) is 14.1. The van der Waals surface area contributed by atoms with E-state index in [2.05, 4.69) is 0 Å². The van der Waals surface area contributed by atoms with Crippen LogP contribution < -0.4 is 9.64 Å². The van der Waals surface area contributed by atoms with Crippen molar-refractivity contribution in [3.63, 3.8) is 0 Å². The lowest BCUT2D eigenvalue weighted by Crippen LogP contribution is -2.42. The lowest BCUT2D eigenvalue weighted by molar-refractivity contribution is -0.120. The highest BCUT2D eigenvalue weighted by atomic mass is 16.5. The van der Waals surface area contributed by atoms with E-state index in [0.29, 0.717) is 26.2 Å². The molecule has 0 N–H and O–H groups in total. The normalized spacial score (nSPS) is 17.8. The minimum Gasteiger partial charge on any atom is -0.487 e. The minimum absolute atomic E-state index is 0.0197. The summed E-state index contributed by atoms with van der Waals surface area (Å²) in [5.41, 5.74) is 2.00. The van der Waals surface area contributed by atoms with Gasteiger partial charge in [0.25, 0.3) is 0 Å². The second-order valence-electron chi connectivity index (χ2n) is 4.85. The molecule has 1 heterocycles. The zero-order valence-corrected chi connectivity index (χ0v) is 11.8. The molecule has 19 heavy (non-hydrogen) atoms. The molecular weight excluding hydrogens is 242 g/mol. The molecule has 0 saturated carbocycles. The van der Waals surface area contributed by atoms with Gasteiger partial charge in [-0.2, -0.15) is 0 Å². The summed E-state index contributed by atoms with van der Waals surface area (Å²) < 4.78 is 11.0. The average molecular weight is 263 g/mol. The summed E-state index contributed by atoms with van der Waals surface area (Å²) in [7, 11) is 0. The third-order valence-electron chi connectivity index (χ3n) is 3.14. The fraction of sp³-hybridized carbons (Fsp3) is 0.533. The Morgan fingerprint density at radius 1 is 1.53 bits per heavy atom. The van der Waals surface area contributed by atoms with E-state index in [-0.39, 0.29) is 12.0 Å². The standard InChI is InChI=1S/C15H21NO3/c1-4-18-8-7-15(17)16-10-12(3)19-14-6-5-11(2)9-13(14)16/h5-6,9,12H,4,7-8,10H2,1-3H3/t12-/m1/s1. The van der Waals surface area contributed by atoms with Gasteiger partial charge in [0.05, 0.1) is 25.3 Å². The van der Waals surface area contributed by atoms with Crippen LogP contribution in [0.1, 0.15) is 25.8 Å². The molecule has 1 aliphatic rings. The van der Waals surface area contributed by atoms with Crippen LogP contribution in [0.4, 0.5) is 5.69 Å². The number of rotatable bonds is 4. The molecule has 2 rings (SSSR count). The summed E-state index contributed by atoms with van der Waals surface area (Å²) in [6, 6.07) is 5.93. The van der Waals surface area contributed by atoms with Crippen LogP contribution >= 0.6 is 0 Å². The summed E-state index contributed by atoms with van der Waals surface area (Å²) >= 11 is 0. The van der Waals surface area contributed by atoms with E-state index in [1.807, 2.05) is 43.9 Å². The first kappa shape index (κ1) is 13.9. The van der Waals surface area contributed by atoms with Crippen LogP contribution in [0, 0.1) is 6.92 Å². The minimum atomic E-state index is 0.0197. The van der Waals surface area contributed by atoms with Crippen molar-refractivity contribution in [3.05, 3.63) is 23.8 Å². The summed E-state index contributed by atoms with van der Waals surface area (Å²) in [5.74, 6) is 0.879. The van der Waals surface area contributed by atoms with E-state index in [9.17, 15) is 4.79 Å². The monoisotopic (exact) mass is 263 g/mol. The molecule has 0 fully saturated rings. The summed E-state index contributed by atoms with van der Waals surface area (Å²) in [6.45, 7) is 7.64. The van der Waals surface area contributed by atoms with Crippen LogP contribution in [0.5, 0.6) is 5.75 Å². The van der Waals surface area contributed by atoms with Crippen molar-refractivity contribution in [1.82, 2.24) is 0 Å².